The highest BCUT2D eigenvalue weighted by molar-refractivity contribution is 5.79. The van der Waals surface area contributed by atoms with Crippen molar-refractivity contribution in [2.75, 3.05) is 0 Å². The molecule has 2 unspecified atom stereocenters. The van der Waals surface area contributed by atoms with Gasteiger partial charge in [0.05, 0.1) is 17.3 Å². The Balaban J connectivity index is 2.19. The van der Waals surface area contributed by atoms with Gasteiger partial charge in [-0.2, -0.15) is 0 Å². The fourth-order valence-corrected chi connectivity index (χ4v) is 2.90. The molecular weight excluding hydrogens is 248 g/mol. The summed E-state index contributed by atoms with van der Waals surface area (Å²) in [6.45, 7) is 8.19. The number of aliphatic hydroxyl groups is 1. The van der Waals surface area contributed by atoms with Crippen molar-refractivity contribution in [1.29, 1.82) is 0 Å². The molecule has 2 aromatic rings. The van der Waals surface area contributed by atoms with Crippen molar-refractivity contribution in [3.8, 4) is 0 Å². The van der Waals surface area contributed by atoms with Crippen molar-refractivity contribution in [3.63, 3.8) is 0 Å². The zero-order valence-electron chi connectivity index (χ0n) is 13.0. The van der Waals surface area contributed by atoms with Crippen LogP contribution in [0.3, 0.4) is 0 Å². The largest absolute Gasteiger partial charge is 0.390 e. The van der Waals surface area contributed by atoms with Crippen LogP contribution in [-0.2, 0) is 6.42 Å². The zero-order chi connectivity index (χ0) is 14.8. The van der Waals surface area contributed by atoms with Gasteiger partial charge in [-0.3, -0.25) is 4.98 Å². The van der Waals surface area contributed by atoms with Crippen LogP contribution in [0.4, 0.5) is 0 Å². The van der Waals surface area contributed by atoms with E-state index in [1.54, 1.807) is 0 Å². The lowest BCUT2D eigenvalue weighted by Gasteiger charge is -2.33. The molecule has 110 valence electrons. The van der Waals surface area contributed by atoms with Gasteiger partial charge in [-0.1, -0.05) is 20.3 Å². The number of nitrogens with one attached hydrogen (secondary N) is 1. The molecule has 0 radical (unpaired) electrons. The van der Waals surface area contributed by atoms with Gasteiger partial charge in [0.15, 0.2) is 0 Å². The van der Waals surface area contributed by atoms with E-state index in [1.165, 1.54) is 11.1 Å². The van der Waals surface area contributed by atoms with E-state index in [1.807, 2.05) is 32.3 Å². The molecule has 0 saturated carbocycles. The highest BCUT2D eigenvalue weighted by atomic mass is 16.3. The molecule has 0 spiro atoms. The summed E-state index contributed by atoms with van der Waals surface area (Å²) in [6, 6.07) is 4.24. The van der Waals surface area contributed by atoms with Gasteiger partial charge in [0, 0.05) is 17.3 Å². The summed E-state index contributed by atoms with van der Waals surface area (Å²) in [5, 5.41) is 11.5. The molecule has 3 nitrogen and oxygen atoms in total. The molecule has 3 heteroatoms. The van der Waals surface area contributed by atoms with Crippen molar-refractivity contribution in [2.24, 2.45) is 11.8 Å². The molecule has 0 fully saturated rings. The quantitative estimate of drug-likeness (QED) is 0.838. The molecule has 0 aliphatic rings. The second kappa shape index (κ2) is 5.96. The van der Waals surface area contributed by atoms with Crippen LogP contribution in [0.15, 0.2) is 24.5 Å². The molecule has 0 saturated heterocycles. The lowest BCUT2D eigenvalue weighted by atomic mass is 9.77. The Morgan fingerprint density at radius 1 is 1.40 bits per heavy atom. The first-order chi connectivity index (χ1) is 9.41. The lowest BCUT2D eigenvalue weighted by molar-refractivity contribution is -0.00380. The first kappa shape index (κ1) is 15.0. The number of fused-ring (bicyclic) bond motifs is 1. The van der Waals surface area contributed by atoms with Crippen molar-refractivity contribution >= 4 is 10.9 Å². The normalized spacial score (nSPS) is 15.4. The number of hydrogen-bond donors (Lipinski definition) is 2. The molecule has 0 aliphatic carbocycles. The minimum Gasteiger partial charge on any atom is -0.390 e. The first-order valence-electron chi connectivity index (χ1n) is 7.55. The van der Waals surface area contributed by atoms with Crippen molar-refractivity contribution in [1.82, 2.24) is 9.97 Å². The second-order valence-electron chi connectivity index (χ2n) is 6.45. The van der Waals surface area contributed by atoms with E-state index in [0.717, 1.165) is 24.8 Å². The van der Waals surface area contributed by atoms with Gasteiger partial charge in [0.1, 0.15) is 0 Å². The Labute approximate surface area is 121 Å². The Kier molecular flexibility index (Phi) is 4.48. The predicted octanol–water partition coefficient (Wildman–Crippen LogP) is 3.93. The van der Waals surface area contributed by atoms with Gasteiger partial charge in [-0.05, 0) is 50.7 Å². The number of rotatable bonds is 6. The van der Waals surface area contributed by atoms with Crippen molar-refractivity contribution in [3.05, 3.63) is 30.2 Å². The Bertz CT molecular complexity index is 520. The smallest absolute Gasteiger partial charge is 0.0642 e. The molecule has 2 heterocycles. The van der Waals surface area contributed by atoms with Gasteiger partial charge in [-0.15, -0.1) is 0 Å². The highest BCUT2D eigenvalue weighted by Crippen LogP contribution is 2.31. The van der Waals surface area contributed by atoms with Gasteiger partial charge in [0.25, 0.3) is 0 Å². The third kappa shape index (κ3) is 3.40. The van der Waals surface area contributed by atoms with Crippen LogP contribution in [0, 0.1) is 11.8 Å². The van der Waals surface area contributed by atoms with E-state index < -0.39 is 5.60 Å². The van der Waals surface area contributed by atoms with Crippen molar-refractivity contribution < 1.29 is 5.11 Å². The summed E-state index contributed by atoms with van der Waals surface area (Å²) in [6.07, 6.45) is 6.95. The molecule has 2 aromatic heterocycles. The van der Waals surface area contributed by atoms with Crippen LogP contribution in [0.5, 0.6) is 0 Å². The third-order valence-corrected chi connectivity index (χ3v) is 4.44. The summed E-state index contributed by atoms with van der Waals surface area (Å²) in [5.74, 6) is 0.757. The Morgan fingerprint density at radius 3 is 2.75 bits per heavy atom. The molecule has 2 rings (SSSR count). The SMILES string of the molecule is CCCC(Cc1cc2ccncc2[nH]1)C(C)C(C)(C)O. The van der Waals surface area contributed by atoms with Crippen molar-refractivity contribution in [2.45, 2.75) is 52.6 Å². The maximum atomic E-state index is 10.3. The molecule has 20 heavy (non-hydrogen) atoms. The molecule has 2 atom stereocenters. The maximum absolute atomic E-state index is 10.3. The summed E-state index contributed by atoms with van der Waals surface area (Å²) in [5.41, 5.74) is 1.70. The van der Waals surface area contributed by atoms with Crippen LogP contribution in [-0.4, -0.2) is 20.7 Å². The van der Waals surface area contributed by atoms with Gasteiger partial charge in [-0.25, -0.2) is 0 Å². The zero-order valence-corrected chi connectivity index (χ0v) is 13.0. The average molecular weight is 274 g/mol. The van der Waals surface area contributed by atoms with E-state index in [9.17, 15) is 5.11 Å². The third-order valence-electron chi connectivity index (χ3n) is 4.44. The van der Waals surface area contributed by atoms with E-state index in [-0.39, 0.29) is 5.92 Å². The fourth-order valence-electron chi connectivity index (χ4n) is 2.90. The van der Waals surface area contributed by atoms with Crippen LogP contribution in [0.1, 0.15) is 46.2 Å². The monoisotopic (exact) mass is 274 g/mol. The van der Waals surface area contributed by atoms with Crippen LogP contribution in [0.2, 0.25) is 0 Å². The summed E-state index contributed by atoms with van der Waals surface area (Å²) in [7, 11) is 0. The van der Waals surface area contributed by atoms with E-state index in [2.05, 4.69) is 29.9 Å². The Hall–Kier alpha value is -1.35. The number of H-pyrrole nitrogens is 1. The summed E-state index contributed by atoms with van der Waals surface area (Å²) < 4.78 is 0. The van der Waals surface area contributed by atoms with Crippen LogP contribution < -0.4 is 0 Å². The minimum absolute atomic E-state index is 0.270. The number of hydrogen-bond acceptors (Lipinski definition) is 2. The minimum atomic E-state index is -0.632. The predicted molar refractivity (Wildman–Crippen MR) is 83.7 cm³/mol. The molecule has 0 bridgehead atoms. The van der Waals surface area contributed by atoms with Gasteiger partial charge in [0.2, 0.25) is 0 Å². The number of aromatic nitrogens is 2. The van der Waals surface area contributed by atoms with Gasteiger partial charge >= 0.3 is 0 Å². The first-order valence-corrected chi connectivity index (χ1v) is 7.55. The van der Waals surface area contributed by atoms with Crippen LogP contribution in [0.25, 0.3) is 10.9 Å². The van der Waals surface area contributed by atoms with Gasteiger partial charge < -0.3 is 10.1 Å². The van der Waals surface area contributed by atoms with E-state index >= 15 is 0 Å². The topological polar surface area (TPSA) is 48.9 Å². The molecular formula is C17H26N2O. The molecule has 0 amide bonds. The van der Waals surface area contributed by atoms with Crippen LogP contribution >= 0.6 is 0 Å². The molecule has 0 aromatic carbocycles. The number of pyridine rings is 1. The summed E-state index contributed by atoms with van der Waals surface area (Å²) in [4.78, 5) is 7.59. The maximum Gasteiger partial charge on any atom is 0.0642 e. The number of aromatic amines is 1. The lowest BCUT2D eigenvalue weighted by Crippen LogP contribution is -2.35. The van der Waals surface area contributed by atoms with E-state index in [4.69, 9.17) is 0 Å². The average Bonchev–Trinajstić information content (AvgIpc) is 2.78. The second-order valence-corrected chi connectivity index (χ2v) is 6.45. The fraction of sp³-hybridized carbons (Fsp3) is 0.588. The van der Waals surface area contributed by atoms with E-state index in [0.29, 0.717) is 5.92 Å². The molecule has 0 aliphatic heterocycles. The molecule has 2 N–H and O–H groups in total. The summed E-state index contributed by atoms with van der Waals surface area (Å²) >= 11 is 0. The number of nitrogens with zero attached hydrogens (tertiary/aromatic N) is 1. The Morgan fingerprint density at radius 2 is 2.15 bits per heavy atom. The highest BCUT2D eigenvalue weighted by Gasteiger charge is 2.29. The standard InChI is InChI=1S/C17H26N2O/c1-5-6-13(12(2)17(3,4)20)9-15-10-14-7-8-18-11-16(14)19-15/h7-8,10-13,19-20H,5-6,9H2,1-4H3.